The number of hydrogen-bond donors (Lipinski definition) is 1. The predicted octanol–water partition coefficient (Wildman–Crippen LogP) is 5.49. The minimum Gasteiger partial charge on any atom is -0.507 e. The van der Waals surface area contributed by atoms with Gasteiger partial charge in [-0.15, -0.1) is 0 Å². The first-order chi connectivity index (χ1) is 11.5. The Labute approximate surface area is 146 Å². The first-order valence-corrected chi connectivity index (χ1v) is 7.98. The third-order valence-corrected chi connectivity index (χ3v) is 3.46. The smallest absolute Gasteiger partial charge is 0.185 e. The van der Waals surface area contributed by atoms with Crippen LogP contribution in [0.15, 0.2) is 60.9 Å². The van der Waals surface area contributed by atoms with Gasteiger partial charge in [-0.2, -0.15) is 0 Å². The Kier molecular flexibility index (Phi) is 6.21. The van der Waals surface area contributed by atoms with Gasteiger partial charge in [0.05, 0.1) is 6.26 Å². The van der Waals surface area contributed by atoms with Crippen molar-refractivity contribution in [3.8, 4) is 11.5 Å². The van der Waals surface area contributed by atoms with Gasteiger partial charge in [0.25, 0.3) is 0 Å². The molecule has 2 aromatic rings. The Morgan fingerprint density at radius 2 is 1.88 bits per heavy atom. The van der Waals surface area contributed by atoms with E-state index in [9.17, 15) is 9.90 Å². The van der Waals surface area contributed by atoms with E-state index in [4.69, 9.17) is 16.3 Å². The van der Waals surface area contributed by atoms with Gasteiger partial charge in [-0.05, 0) is 60.5 Å². The van der Waals surface area contributed by atoms with E-state index in [1.807, 2.05) is 19.9 Å². The maximum Gasteiger partial charge on any atom is 0.185 e. The van der Waals surface area contributed by atoms with Gasteiger partial charge in [-0.3, -0.25) is 4.79 Å². The fourth-order valence-corrected chi connectivity index (χ4v) is 2.01. The number of rotatable bonds is 6. The minimum absolute atomic E-state index is 0.0469. The highest BCUT2D eigenvalue weighted by molar-refractivity contribution is 6.30. The Morgan fingerprint density at radius 3 is 2.50 bits per heavy atom. The van der Waals surface area contributed by atoms with Crippen molar-refractivity contribution in [1.29, 1.82) is 0 Å². The molecule has 0 unspecified atom stereocenters. The van der Waals surface area contributed by atoms with Crippen LogP contribution in [0.25, 0.3) is 6.08 Å². The highest BCUT2D eigenvalue weighted by Gasteiger charge is 2.04. The van der Waals surface area contributed by atoms with Crippen molar-refractivity contribution in [2.75, 3.05) is 0 Å². The number of allylic oxidation sites excluding steroid dienone is 2. The van der Waals surface area contributed by atoms with Crippen molar-refractivity contribution in [3.05, 3.63) is 77.0 Å². The summed E-state index contributed by atoms with van der Waals surface area (Å²) in [5.41, 5.74) is 1.08. The van der Waals surface area contributed by atoms with Crippen LogP contribution in [0.5, 0.6) is 11.5 Å². The van der Waals surface area contributed by atoms with Gasteiger partial charge in [0.15, 0.2) is 5.78 Å². The molecule has 124 valence electrons. The van der Waals surface area contributed by atoms with Crippen molar-refractivity contribution in [1.82, 2.24) is 0 Å². The van der Waals surface area contributed by atoms with Crippen LogP contribution in [-0.4, -0.2) is 10.9 Å². The Bertz CT molecular complexity index is 759. The number of benzene rings is 2. The Hall–Kier alpha value is -2.52. The molecule has 3 nitrogen and oxygen atoms in total. The summed E-state index contributed by atoms with van der Waals surface area (Å²) in [6.45, 7) is 4.09. The van der Waals surface area contributed by atoms with E-state index in [-0.39, 0.29) is 11.5 Å². The largest absolute Gasteiger partial charge is 0.507 e. The van der Waals surface area contributed by atoms with Gasteiger partial charge in [0.1, 0.15) is 11.5 Å². The van der Waals surface area contributed by atoms with Crippen LogP contribution < -0.4 is 4.74 Å². The van der Waals surface area contributed by atoms with Crippen LogP contribution >= 0.6 is 11.6 Å². The molecule has 2 aromatic carbocycles. The summed E-state index contributed by atoms with van der Waals surface area (Å²) in [5, 5.41) is 10.6. The zero-order chi connectivity index (χ0) is 17.5. The maximum absolute atomic E-state index is 12.1. The molecule has 24 heavy (non-hydrogen) atoms. The lowest BCUT2D eigenvalue weighted by molar-refractivity contribution is 0.104. The zero-order valence-corrected chi connectivity index (χ0v) is 14.3. The molecule has 0 aliphatic carbocycles. The third-order valence-electron chi connectivity index (χ3n) is 3.21. The summed E-state index contributed by atoms with van der Waals surface area (Å²) in [6.07, 6.45) is 6.49. The van der Waals surface area contributed by atoms with Crippen LogP contribution in [0.4, 0.5) is 0 Å². The number of aromatic hydroxyl groups is 1. The molecule has 0 saturated carbocycles. The van der Waals surface area contributed by atoms with Crippen LogP contribution in [0, 0.1) is 5.92 Å². The number of phenolic OH excluding ortho intramolecular Hbond substituents is 1. The fraction of sp³-hybridized carbons (Fsp3) is 0.150. The molecule has 0 fully saturated rings. The molecule has 0 aromatic heterocycles. The molecule has 0 aliphatic heterocycles. The van der Waals surface area contributed by atoms with Crippen molar-refractivity contribution in [2.45, 2.75) is 13.8 Å². The Balaban J connectivity index is 2.06. The fourth-order valence-electron chi connectivity index (χ4n) is 1.89. The van der Waals surface area contributed by atoms with Gasteiger partial charge in [0, 0.05) is 22.2 Å². The number of carbonyl (C=O) groups is 1. The molecule has 1 N–H and O–H groups in total. The molecular weight excluding hydrogens is 324 g/mol. The first-order valence-electron chi connectivity index (χ1n) is 7.60. The van der Waals surface area contributed by atoms with E-state index in [2.05, 4.69) is 0 Å². The maximum atomic E-state index is 12.1. The minimum atomic E-state index is -0.161. The average Bonchev–Trinajstić information content (AvgIpc) is 2.54. The summed E-state index contributed by atoms with van der Waals surface area (Å²) in [6, 6.07) is 11.6. The number of halogens is 1. The van der Waals surface area contributed by atoms with E-state index in [1.54, 1.807) is 48.7 Å². The molecule has 0 spiro atoms. The monoisotopic (exact) mass is 342 g/mol. The highest BCUT2D eigenvalue weighted by atomic mass is 35.5. The average molecular weight is 343 g/mol. The first kappa shape index (κ1) is 17.8. The van der Waals surface area contributed by atoms with Crippen LogP contribution in [-0.2, 0) is 0 Å². The topological polar surface area (TPSA) is 46.5 Å². The second-order valence-corrected chi connectivity index (χ2v) is 6.05. The summed E-state index contributed by atoms with van der Waals surface area (Å²) >= 11 is 5.80. The van der Waals surface area contributed by atoms with E-state index in [1.165, 1.54) is 12.1 Å². The molecule has 0 amide bonds. The second kappa shape index (κ2) is 8.37. The quantitative estimate of drug-likeness (QED) is 0.429. The Morgan fingerprint density at radius 1 is 1.17 bits per heavy atom. The summed E-state index contributed by atoms with van der Waals surface area (Å²) in [7, 11) is 0. The molecule has 0 heterocycles. The summed E-state index contributed by atoms with van der Waals surface area (Å²) in [5.74, 6) is 0.808. The predicted molar refractivity (Wildman–Crippen MR) is 97.5 cm³/mol. The van der Waals surface area contributed by atoms with Gasteiger partial charge >= 0.3 is 0 Å². The number of carbonyl (C=O) groups excluding carboxylic acids is 1. The molecule has 4 heteroatoms. The van der Waals surface area contributed by atoms with Crippen LogP contribution in [0.1, 0.15) is 29.8 Å². The number of phenols is 1. The van der Waals surface area contributed by atoms with Gasteiger partial charge in [-0.1, -0.05) is 25.4 Å². The van der Waals surface area contributed by atoms with E-state index in [0.717, 1.165) is 0 Å². The lowest BCUT2D eigenvalue weighted by Crippen LogP contribution is -1.93. The van der Waals surface area contributed by atoms with Crippen molar-refractivity contribution >= 4 is 23.5 Å². The summed E-state index contributed by atoms with van der Waals surface area (Å²) < 4.78 is 5.41. The molecule has 0 saturated heterocycles. The summed E-state index contributed by atoms with van der Waals surface area (Å²) in [4.78, 5) is 12.1. The molecule has 0 atom stereocenters. The van der Waals surface area contributed by atoms with E-state index >= 15 is 0 Å². The third kappa shape index (κ3) is 5.28. The van der Waals surface area contributed by atoms with Gasteiger partial charge in [-0.25, -0.2) is 0 Å². The molecule has 2 rings (SSSR count). The number of ether oxygens (including phenoxy) is 1. The zero-order valence-electron chi connectivity index (χ0n) is 13.6. The SMILES string of the molecule is CC(C)C=COc1ccc(C=CC(=O)c2ccc(Cl)cc2)c(O)c1. The lowest BCUT2D eigenvalue weighted by Gasteiger charge is -2.04. The van der Waals surface area contributed by atoms with Gasteiger partial charge < -0.3 is 9.84 Å². The molecular formula is C20H19ClO3. The lowest BCUT2D eigenvalue weighted by atomic mass is 10.1. The van der Waals surface area contributed by atoms with Crippen molar-refractivity contribution in [2.24, 2.45) is 5.92 Å². The number of hydrogen-bond acceptors (Lipinski definition) is 3. The number of ketones is 1. The van der Waals surface area contributed by atoms with E-state index in [0.29, 0.717) is 27.8 Å². The second-order valence-electron chi connectivity index (χ2n) is 5.62. The van der Waals surface area contributed by atoms with Crippen molar-refractivity contribution < 1.29 is 14.6 Å². The molecule has 0 bridgehead atoms. The van der Waals surface area contributed by atoms with Gasteiger partial charge in [0.2, 0.25) is 0 Å². The molecule has 0 radical (unpaired) electrons. The van der Waals surface area contributed by atoms with E-state index < -0.39 is 0 Å². The van der Waals surface area contributed by atoms with Crippen molar-refractivity contribution in [3.63, 3.8) is 0 Å². The molecule has 0 aliphatic rings. The highest BCUT2D eigenvalue weighted by Crippen LogP contribution is 2.25. The van der Waals surface area contributed by atoms with Crippen LogP contribution in [0.2, 0.25) is 5.02 Å². The normalized spacial score (nSPS) is 11.5. The van der Waals surface area contributed by atoms with Crippen LogP contribution in [0.3, 0.4) is 0 Å². The standard InChI is InChI=1S/C20H19ClO3/c1-14(2)11-12-24-18-9-5-16(20(23)13-18)6-10-19(22)15-3-7-17(21)8-4-15/h3-14,23H,1-2H3.